The lowest BCUT2D eigenvalue weighted by Crippen LogP contribution is -2.35. The van der Waals surface area contributed by atoms with Gasteiger partial charge in [-0.05, 0) is 49.9 Å². The van der Waals surface area contributed by atoms with E-state index >= 15 is 0 Å². The van der Waals surface area contributed by atoms with E-state index in [2.05, 4.69) is 10.4 Å². The lowest BCUT2D eigenvalue weighted by atomic mass is 9.96. The van der Waals surface area contributed by atoms with Crippen LogP contribution in [-0.2, 0) is 4.79 Å². The van der Waals surface area contributed by atoms with Crippen LogP contribution in [0.4, 0.5) is 11.5 Å². The molecule has 1 N–H and O–H groups in total. The van der Waals surface area contributed by atoms with Crippen molar-refractivity contribution in [1.29, 1.82) is 0 Å². The van der Waals surface area contributed by atoms with Crippen molar-refractivity contribution in [2.24, 2.45) is 0 Å². The zero-order valence-corrected chi connectivity index (χ0v) is 15.6. The topological polar surface area (TPSA) is 67.2 Å². The van der Waals surface area contributed by atoms with Gasteiger partial charge < -0.3 is 10.2 Å². The van der Waals surface area contributed by atoms with E-state index in [4.69, 9.17) is 0 Å². The third kappa shape index (κ3) is 3.89. The Labute approximate surface area is 159 Å². The number of nitrogens with zero attached hydrogens (tertiary/aromatic N) is 3. The molecule has 2 aliphatic rings. The molecular formula is C21H26N4O2. The highest BCUT2D eigenvalue weighted by Gasteiger charge is 2.21. The number of hydrogen-bond acceptors (Lipinski definition) is 3. The second-order valence-corrected chi connectivity index (χ2v) is 7.46. The van der Waals surface area contributed by atoms with Crippen molar-refractivity contribution in [1.82, 2.24) is 9.78 Å². The number of carbonyl (C=O) groups excluding carboxylic acids is 2. The van der Waals surface area contributed by atoms with Gasteiger partial charge in [-0.3, -0.25) is 9.59 Å². The van der Waals surface area contributed by atoms with Gasteiger partial charge in [-0.1, -0.05) is 19.3 Å². The summed E-state index contributed by atoms with van der Waals surface area (Å²) in [6, 6.07) is 9.51. The minimum Gasteiger partial charge on any atom is -0.312 e. The summed E-state index contributed by atoms with van der Waals surface area (Å²) in [6.07, 6.45) is 10.3. The highest BCUT2D eigenvalue weighted by Crippen LogP contribution is 2.30. The number of hydrogen-bond donors (Lipinski definition) is 1. The van der Waals surface area contributed by atoms with E-state index in [1.807, 2.05) is 27.8 Å². The summed E-state index contributed by atoms with van der Waals surface area (Å²) < 4.78 is 1.96. The Morgan fingerprint density at radius 3 is 2.52 bits per heavy atom. The summed E-state index contributed by atoms with van der Waals surface area (Å²) in [5, 5.41) is 7.42. The maximum absolute atomic E-state index is 12.7. The molecule has 0 radical (unpaired) electrons. The molecule has 0 atom stereocenters. The van der Waals surface area contributed by atoms with Gasteiger partial charge in [0.1, 0.15) is 5.82 Å². The highest BCUT2D eigenvalue weighted by molar-refractivity contribution is 6.04. The Hall–Kier alpha value is -2.63. The van der Waals surface area contributed by atoms with Crippen LogP contribution in [0.2, 0.25) is 0 Å². The average molecular weight is 366 g/mol. The minimum absolute atomic E-state index is 0.149. The number of aromatic nitrogens is 2. The van der Waals surface area contributed by atoms with Crippen LogP contribution in [0, 0.1) is 0 Å². The molecule has 0 unspecified atom stereocenters. The van der Waals surface area contributed by atoms with E-state index in [1.54, 1.807) is 18.3 Å². The molecule has 6 heteroatoms. The SMILES string of the molecule is O=C(Nc1ccnn1C1CCCCC1)c1ccc(N2CCCCC2=O)cc1. The molecule has 1 aliphatic heterocycles. The molecule has 2 amide bonds. The number of piperidine rings is 1. The van der Waals surface area contributed by atoms with E-state index in [0.29, 0.717) is 18.0 Å². The molecule has 1 aliphatic carbocycles. The Morgan fingerprint density at radius 1 is 1.00 bits per heavy atom. The molecule has 142 valence electrons. The number of rotatable bonds is 4. The molecule has 2 aromatic rings. The molecular weight excluding hydrogens is 340 g/mol. The van der Waals surface area contributed by atoms with Crippen LogP contribution < -0.4 is 10.2 Å². The van der Waals surface area contributed by atoms with Crippen molar-refractivity contribution in [2.45, 2.75) is 57.4 Å². The van der Waals surface area contributed by atoms with Gasteiger partial charge in [0.05, 0.1) is 12.2 Å². The van der Waals surface area contributed by atoms with Crippen molar-refractivity contribution in [3.05, 3.63) is 42.1 Å². The fourth-order valence-corrected chi connectivity index (χ4v) is 4.09. The Bertz CT molecular complexity index is 806. The van der Waals surface area contributed by atoms with Crippen LogP contribution >= 0.6 is 0 Å². The van der Waals surface area contributed by atoms with Crippen LogP contribution in [-0.4, -0.2) is 28.1 Å². The monoisotopic (exact) mass is 366 g/mol. The smallest absolute Gasteiger partial charge is 0.256 e. The molecule has 27 heavy (non-hydrogen) atoms. The predicted octanol–water partition coefficient (Wildman–Crippen LogP) is 4.16. The normalized spacial score (nSPS) is 18.5. The Morgan fingerprint density at radius 2 is 1.78 bits per heavy atom. The van der Waals surface area contributed by atoms with Gasteiger partial charge in [0.25, 0.3) is 5.91 Å². The van der Waals surface area contributed by atoms with Crippen molar-refractivity contribution in [3.63, 3.8) is 0 Å². The van der Waals surface area contributed by atoms with Crippen LogP contribution in [0.15, 0.2) is 36.5 Å². The molecule has 6 nitrogen and oxygen atoms in total. The first kappa shape index (κ1) is 17.8. The number of anilines is 2. The number of carbonyl (C=O) groups is 2. The zero-order chi connectivity index (χ0) is 18.6. The summed E-state index contributed by atoms with van der Waals surface area (Å²) in [5.74, 6) is 0.765. The zero-order valence-electron chi connectivity index (χ0n) is 15.6. The summed E-state index contributed by atoms with van der Waals surface area (Å²) in [5.41, 5.74) is 1.45. The Balaban J connectivity index is 1.44. The van der Waals surface area contributed by atoms with Gasteiger partial charge in [0.2, 0.25) is 5.91 Å². The molecule has 1 aromatic carbocycles. The van der Waals surface area contributed by atoms with E-state index in [-0.39, 0.29) is 11.8 Å². The van der Waals surface area contributed by atoms with E-state index in [1.165, 1.54) is 19.3 Å². The molecule has 4 rings (SSSR count). The summed E-state index contributed by atoms with van der Waals surface area (Å²) in [4.78, 5) is 26.5. The predicted molar refractivity (Wildman–Crippen MR) is 105 cm³/mol. The van der Waals surface area contributed by atoms with Crippen LogP contribution in [0.5, 0.6) is 0 Å². The molecule has 1 saturated carbocycles. The molecule has 2 heterocycles. The van der Waals surface area contributed by atoms with Gasteiger partial charge in [0.15, 0.2) is 0 Å². The fourth-order valence-electron chi connectivity index (χ4n) is 4.09. The van der Waals surface area contributed by atoms with Gasteiger partial charge in [-0.25, -0.2) is 4.68 Å². The summed E-state index contributed by atoms with van der Waals surface area (Å²) in [7, 11) is 0. The molecule has 1 aromatic heterocycles. The minimum atomic E-state index is -0.149. The molecule has 0 bridgehead atoms. The highest BCUT2D eigenvalue weighted by atomic mass is 16.2. The summed E-state index contributed by atoms with van der Waals surface area (Å²) in [6.45, 7) is 0.755. The first-order valence-electron chi connectivity index (χ1n) is 9.98. The van der Waals surface area contributed by atoms with Crippen molar-refractivity contribution in [3.8, 4) is 0 Å². The number of amides is 2. The average Bonchev–Trinajstić information content (AvgIpc) is 3.17. The number of nitrogens with one attached hydrogen (secondary N) is 1. The first-order chi connectivity index (χ1) is 13.2. The van der Waals surface area contributed by atoms with Gasteiger partial charge in [0, 0.05) is 30.3 Å². The lowest BCUT2D eigenvalue weighted by molar-refractivity contribution is -0.119. The maximum atomic E-state index is 12.7. The van der Waals surface area contributed by atoms with Gasteiger partial charge in [-0.2, -0.15) is 5.10 Å². The van der Waals surface area contributed by atoms with Crippen molar-refractivity contribution < 1.29 is 9.59 Å². The standard InChI is InChI=1S/C21H26N4O2/c26-20-8-4-5-15-24(20)17-11-9-16(10-12-17)21(27)23-19-13-14-22-25(19)18-6-2-1-3-7-18/h9-14,18H,1-8,15H2,(H,23,27). The second kappa shape index (κ2) is 7.94. The quantitative estimate of drug-likeness (QED) is 0.883. The lowest BCUT2D eigenvalue weighted by Gasteiger charge is -2.26. The first-order valence-corrected chi connectivity index (χ1v) is 9.98. The largest absolute Gasteiger partial charge is 0.312 e. The maximum Gasteiger partial charge on any atom is 0.256 e. The van der Waals surface area contributed by atoms with Crippen LogP contribution in [0.1, 0.15) is 67.8 Å². The van der Waals surface area contributed by atoms with E-state index in [0.717, 1.165) is 43.7 Å². The van der Waals surface area contributed by atoms with Crippen LogP contribution in [0.3, 0.4) is 0 Å². The number of benzene rings is 1. The molecule has 0 spiro atoms. The third-order valence-electron chi connectivity index (χ3n) is 5.60. The van der Waals surface area contributed by atoms with Gasteiger partial charge in [-0.15, -0.1) is 0 Å². The van der Waals surface area contributed by atoms with Crippen molar-refractivity contribution >= 4 is 23.3 Å². The van der Waals surface area contributed by atoms with E-state index in [9.17, 15) is 9.59 Å². The second-order valence-electron chi connectivity index (χ2n) is 7.46. The van der Waals surface area contributed by atoms with Gasteiger partial charge >= 0.3 is 0 Å². The van der Waals surface area contributed by atoms with E-state index < -0.39 is 0 Å². The fraction of sp³-hybridized carbons (Fsp3) is 0.476. The Kier molecular flexibility index (Phi) is 5.23. The molecule has 2 fully saturated rings. The van der Waals surface area contributed by atoms with Crippen LogP contribution in [0.25, 0.3) is 0 Å². The third-order valence-corrected chi connectivity index (χ3v) is 5.60. The summed E-state index contributed by atoms with van der Waals surface area (Å²) >= 11 is 0. The van der Waals surface area contributed by atoms with Crippen molar-refractivity contribution in [2.75, 3.05) is 16.8 Å². The molecule has 1 saturated heterocycles.